The predicted octanol–water partition coefficient (Wildman–Crippen LogP) is 1.59. The SMILES string of the molecule is O=C(NC1CC1)C(O)C1CCN(Cc2ncccc2Cl)CC1. The van der Waals surface area contributed by atoms with E-state index >= 15 is 0 Å². The molecule has 0 bridgehead atoms. The highest BCUT2D eigenvalue weighted by atomic mass is 35.5. The van der Waals surface area contributed by atoms with Gasteiger partial charge in [-0.1, -0.05) is 11.6 Å². The van der Waals surface area contributed by atoms with Gasteiger partial charge in [0.05, 0.1) is 10.7 Å². The molecule has 0 radical (unpaired) electrons. The van der Waals surface area contributed by atoms with Crippen LogP contribution in [0.25, 0.3) is 0 Å². The van der Waals surface area contributed by atoms with Crippen molar-refractivity contribution >= 4 is 17.5 Å². The fraction of sp³-hybridized carbons (Fsp3) is 0.625. The number of pyridine rings is 1. The summed E-state index contributed by atoms with van der Waals surface area (Å²) in [5, 5.41) is 13.7. The molecular weight excluding hydrogens is 302 g/mol. The van der Waals surface area contributed by atoms with Crippen molar-refractivity contribution in [2.75, 3.05) is 13.1 Å². The fourth-order valence-electron chi connectivity index (χ4n) is 2.90. The largest absolute Gasteiger partial charge is 0.383 e. The minimum atomic E-state index is -0.874. The summed E-state index contributed by atoms with van der Waals surface area (Å²) in [6, 6.07) is 3.98. The van der Waals surface area contributed by atoms with E-state index in [4.69, 9.17) is 11.6 Å². The lowest BCUT2D eigenvalue weighted by Gasteiger charge is -2.33. The molecule has 1 saturated carbocycles. The average Bonchev–Trinajstić information content (AvgIpc) is 3.33. The minimum absolute atomic E-state index is 0.0502. The van der Waals surface area contributed by atoms with Gasteiger partial charge in [-0.3, -0.25) is 14.7 Å². The smallest absolute Gasteiger partial charge is 0.249 e. The molecule has 0 spiro atoms. The number of nitrogens with zero attached hydrogens (tertiary/aromatic N) is 2. The van der Waals surface area contributed by atoms with Crippen molar-refractivity contribution < 1.29 is 9.90 Å². The third-order valence-corrected chi connectivity index (χ3v) is 4.82. The zero-order valence-electron chi connectivity index (χ0n) is 12.5. The van der Waals surface area contributed by atoms with Gasteiger partial charge < -0.3 is 10.4 Å². The summed E-state index contributed by atoms with van der Waals surface area (Å²) in [7, 11) is 0. The molecule has 1 aliphatic heterocycles. The second-order valence-electron chi connectivity index (χ2n) is 6.27. The van der Waals surface area contributed by atoms with E-state index in [2.05, 4.69) is 15.2 Å². The Labute approximate surface area is 135 Å². The summed E-state index contributed by atoms with van der Waals surface area (Å²) >= 11 is 6.14. The first-order valence-corrected chi connectivity index (χ1v) is 8.31. The summed E-state index contributed by atoms with van der Waals surface area (Å²) < 4.78 is 0. The number of hydrogen-bond donors (Lipinski definition) is 2. The van der Waals surface area contributed by atoms with Gasteiger partial charge in [-0.25, -0.2) is 0 Å². The molecule has 2 aliphatic rings. The number of hydrogen-bond acceptors (Lipinski definition) is 4. The topological polar surface area (TPSA) is 65.5 Å². The number of aromatic nitrogens is 1. The van der Waals surface area contributed by atoms with Gasteiger partial charge in [0.15, 0.2) is 0 Å². The zero-order valence-corrected chi connectivity index (χ0v) is 13.3. The van der Waals surface area contributed by atoms with Crippen LogP contribution >= 0.6 is 11.6 Å². The number of amides is 1. The monoisotopic (exact) mass is 323 g/mol. The first kappa shape index (κ1) is 15.7. The lowest BCUT2D eigenvalue weighted by molar-refractivity contribution is -0.133. The van der Waals surface area contributed by atoms with E-state index in [-0.39, 0.29) is 11.8 Å². The van der Waals surface area contributed by atoms with E-state index in [1.54, 1.807) is 6.20 Å². The summed E-state index contributed by atoms with van der Waals surface area (Å²) in [5.74, 6) is -0.150. The molecule has 1 aromatic rings. The maximum atomic E-state index is 11.9. The van der Waals surface area contributed by atoms with E-state index in [1.807, 2.05) is 12.1 Å². The number of nitrogens with one attached hydrogen (secondary N) is 1. The molecule has 3 rings (SSSR count). The molecule has 1 saturated heterocycles. The molecule has 1 aliphatic carbocycles. The highest BCUT2D eigenvalue weighted by Crippen LogP contribution is 2.25. The van der Waals surface area contributed by atoms with Crippen molar-refractivity contribution in [2.24, 2.45) is 5.92 Å². The van der Waals surface area contributed by atoms with E-state index in [9.17, 15) is 9.90 Å². The van der Waals surface area contributed by atoms with Crippen LogP contribution in [0.2, 0.25) is 5.02 Å². The third-order valence-electron chi connectivity index (χ3n) is 4.48. The normalized spacial score (nSPS) is 21.5. The molecule has 2 N–H and O–H groups in total. The zero-order chi connectivity index (χ0) is 15.5. The Bertz CT molecular complexity index is 528. The summed E-state index contributed by atoms with van der Waals surface area (Å²) in [6.45, 7) is 2.42. The van der Waals surface area contributed by atoms with Crippen LogP contribution in [-0.2, 0) is 11.3 Å². The molecular formula is C16H22ClN3O2. The van der Waals surface area contributed by atoms with Crippen molar-refractivity contribution in [3.05, 3.63) is 29.0 Å². The van der Waals surface area contributed by atoms with E-state index < -0.39 is 6.10 Å². The van der Waals surface area contributed by atoms with Gasteiger partial charge in [0.1, 0.15) is 6.10 Å². The number of likely N-dealkylation sites (tertiary alicyclic amines) is 1. The molecule has 0 aromatic carbocycles. The number of carbonyl (C=O) groups is 1. The first-order chi connectivity index (χ1) is 10.6. The Morgan fingerprint density at radius 2 is 2.14 bits per heavy atom. The summed E-state index contributed by atoms with van der Waals surface area (Å²) in [6.07, 6.45) is 4.61. The van der Waals surface area contributed by atoms with Crippen LogP contribution in [0.3, 0.4) is 0 Å². The van der Waals surface area contributed by atoms with Crippen molar-refractivity contribution in [1.29, 1.82) is 0 Å². The van der Waals surface area contributed by atoms with Crippen LogP contribution < -0.4 is 5.32 Å². The standard InChI is InChI=1S/C16H22ClN3O2/c17-13-2-1-7-18-14(13)10-20-8-5-11(6-9-20)15(21)16(22)19-12-3-4-12/h1-2,7,11-12,15,21H,3-6,8-10H2,(H,19,22). The van der Waals surface area contributed by atoms with Crippen molar-refractivity contribution in [1.82, 2.24) is 15.2 Å². The highest BCUT2D eigenvalue weighted by molar-refractivity contribution is 6.31. The van der Waals surface area contributed by atoms with Crippen molar-refractivity contribution in [3.63, 3.8) is 0 Å². The molecule has 1 aromatic heterocycles. The molecule has 1 atom stereocenters. The molecule has 2 fully saturated rings. The maximum absolute atomic E-state index is 11.9. The number of aliphatic hydroxyl groups is 1. The molecule has 6 heteroatoms. The van der Waals surface area contributed by atoms with E-state index in [0.717, 1.165) is 51.0 Å². The van der Waals surface area contributed by atoms with Crippen LogP contribution in [0.5, 0.6) is 0 Å². The molecule has 1 unspecified atom stereocenters. The first-order valence-electron chi connectivity index (χ1n) is 7.93. The Morgan fingerprint density at radius 3 is 2.77 bits per heavy atom. The molecule has 22 heavy (non-hydrogen) atoms. The number of piperidine rings is 1. The van der Waals surface area contributed by atoms with E-state index in [1.165, 1.54) is 0 Å². The van der Waals surface area contributed by atoms with E-state index in [0.29, 0.717) is 11.1 Å². The van der Waals surface area contributed by atoms with Gasteiger partial charge >= 0.3 is 0 Å². The van der Waals surface area contributed by atoms with Crippen LogP contribution in [0, 0.1) is 5.92 Å². The number of halogens is 1. The lowest BCUT2D eigenvalue weighted by atomic mass is 9.90. The minimum Gasteiger partial charge on any atom is -0.383 e. The third kappa shape index (κ3) is 3.97. The lowest BCUT2D eigenvalue weighted by Crippen LogP contribution is -2.45. The second kappa shape index (κ2) is 6.94. The second-order valence-corrected chi connectivity index (χ2v) is 6.68. The van der Waals surface area contributed by atoms with Crippen LogP contribution in [-0.4, -0.2) is 46.1 Å². The van der Waals surface area contributed by atoms with Crippen molar-refractivity contribution in [3.8, 4) is 0 Å². The van der Waals surface area contributed by atoms with Gasteiger partial charge in [-0.15, -0.1) is 0 Å². The molecule has 5 nitrogen and oxygen atoms in total. The average molecular weight is 324 g/mol. The Kier molecular flexibility index (Phi) is 4.96. The van der Waals surface area contributed by atoms with Crippen LogP contribution in [0.1, 0.15) is 31.4 Å². The summed E-state index contributed by atoms with van der Waals surface area (Å²) in [4.78, 5) is 18.5. The maximum Gasteiger partial charge on any atom is 0.249 e. The number of carbonyl (C=O) groups excluding carboxylic acids is 1. The molecule has 120 valence electrons. The van der Waals surface area contributed by atoms with Gasteiger partial charge in [0, 0.05) is 18.8 Å². The predicted molar refractivity (Wildman–Crippen MR) is 84.4 cm³/mol. The number of aliphatic hydroxyl groups excluding tert-OH is 1. The van der Waals surface area contributed by atoms with Crippen molar-refractivity contribution in [2.45, 2.75) is 44.4 Å². The summed E-state index contributed by atoms with van der Waals surface area (Å²) in [5.41, 5.74) is 0.884. The van der Waals surface area contributed by atoms with Crippen LogP contribution in [0.15, 0.2) is 18.3 Å². The van der Waals surface area contributed by atoms with Gasteiger partial charge in [-0.2, -0.15) is 0 Å². The molecule has 1 amide bonds. The Hall–Kier alpha value is -1.17. The van der Waals surface area contributed by atoms with Crippen LogP contribution in [0.4, 0.5) is 0 Å². The highest BCUT2D eigenvalue weighted by Gasteiger charge is 2.33. The Morgan fingerprint density at radius 1 is 1.41 bits per heavy atom. The van der Waals surface area contributed by atoms with Gasteiger partial charge in [-0.05, 0) is 56.8 Å². The van der Waals surface area contributed by atoms with Gasteiger partial charge in [0.2, 0.25) is 5.91 Å². The quantitative estimate of drug-likeness (QED) is 0.863. The molecule has 2 heterocycles. The Balaban J connectivity index is 1.47. The number of rotatable bonds is 5. The fourth-order valence-corrected chi connectivity index (χ4v) is 3.08. The van der Waals surface area contributed by atoms with Gasteiger partial charge in [0.25, 0.3) is 0 Å².